The van der Waals surface area contributed by atoms with Gasteiger partial charge in [-0.25, -0.2) is 4.98 Å². The van der Waals surface area contributed by atoms with Gasteiger partial charge in [0.2, 0.25) is 0 Å². The lowest BCUT2D eigenvalue weighted by Crippen LogP contribution is -2.53. The van der Waals surface area contributed by atoms with E-state index in [2.05, 4.69) is 68.4 Å². The van der Waals surface area contributed by atoms with Crippen LogP contribution in [0.1, 0.15) is 104 Å². The Labute approximate surface area is 217 Å². The zero-order valence-corrected chi connectivity index (χ0v) is 23.6. The number of unbranched alkanes of at least 4 members (excludes halogenated alkanes) is 2. The molecule has 0 atom stereocenters. The van der Waals surface area contributed by atoms with Gasteiger partial charge in [-0.2, -0.15) is 0 Å². The number of rotatable bonds is 10. The average molecular weight is 498 g/mol. The lowest BCUT2D eigenvalue weighted by atomic mass is 9.63. The maximum Gasteiger partial charge on any atom is 0.185 e. The molecule has 5 heteroatoms. The van der Waals surface area contributed by atoms with Crippen LogP contribution in [0, 0.1) is 0 Å². The minimum Gasteiger partial charge on any atom is -0.396 e. The van der Waals surface area contributed by atoms with Gasteiger partial charge in [-0.05, 0) is 85.9 Å². The average Bonchev–Trinajstić information content (AvgIpc) is 3.33. The summed E-state index contributed by atoms with van der Waals surface area (Å²) in [6.07, 6.45) is 10.5. The number of piperidine rings is 1. The number of hydrogen-bond donors (Lipinski definition) is 2. The van der Waals surface area contributed by atoms with E-state index in [0.29, 0.717) is 6.61 Å². The van der Waals surface area contributed by atoms with Gasteiger partial charge in [-0.15, -0.1) is 11.3 Å². The quantitative estimate of drug-likeness (QED) is 0.345. The van der Waals surface area contributed by atoms with Crippen LogP contribution in [0.5, 0.6) is 0 Å². The summed E-state index contributed by atoms with van der Waals surface area (Å²) in [5.74, 6) is 0. The summed E-state index contributed by atoms with van der Waals surface area (Å²) in [4.78, 5) is 7.63. The van der Waals surface area contributed by atoms with Crippen molar-refractivity contribution in [2.24, 2.45) is 0 Å². The van der Waals surface area contributed by atoms with Crippen LogP contribution in [0.4, 0.5) is 5.13 Å². The van der Waals surface area contributed by atoms with Gasteiger partial charge in [0, 0.05) is 36.2 Å². The zero-order chi connectivity index (χ0) is 25.1. The predicted octanol–water partition coefficient (Wildman–Crippen LogP) is 7.05. The number of hydrogen-bond acceptors (Lipinski definition) is 5. The van der Waals surface area contributed by atoms with Gasteiger partial charge in [0.1, 0.15) is 0 Å². The van der Waals surface area contributed by atoms with Gasteiger partial charge in [0.25, 0.3) is 0 Å². The number of benzene rings is 1. The van der Waals surface area contributed by atoms with Crippen molar-refractivity contribution in [2.45, 2.75) is 109 Å². The van der Waals surface area contributed by atoms with Gasteiger partial charge in [-0.3, -0.25) is 0 Å². The number of nitrogens with zero attached hydrogens (tertiary/aromatic N) is 2. The largest absolute Gasteiger partial charge is 0.396 e. The second-order valence-corrected chi connectivity index (χ2v) is 13.1. The van der Waals surface area contributed by atoms with Crippen molar-refractivity contribution in [3.8, 4) is 11.3 Å². The molecule has 4 rings (SSSR count). The molecule has 194 valence electrons. The van der Waals surface area contributed by atoms with Crippen molar-refractivity contribution in [3.63, 3.8) is 0 Å². The molecule has 0 bridgehead atoms. The highest BCUT2D eigenvalue weighted by Crippen LogP contribution is 2.47. The van der Waals surface area contributed by atoms with Crippen LogP contribution >= 0.6 is 11.3 Å². The third-order valence-corrected chi connectivity index (χ3v) is 9.60. The fourth-order valence-electron chi connectivity index (χ4n) is 6.18. The maximum atomic E-state index is 9.03. The van der Waals surface area contributed by atoms with E-state index < -0.39 is 0 Å². The first-order chi connectivity index (χ1) is 16.7. The van der Waals surface area contributed by atoms with Crippen molar-refractivity contribution in [1.29, 1.82) is 0 Å². The van der Waals surface area contributed by atoms with Crippen molar-refractivity contribution in [2.75, 3.05) is 31.1 Å². The van der Waals surface area contributed by atoms with E-state index in [-0.39, 0.29) is 16.4 Å². The highest BCUT2D eigenvalue weighted by Gasteiger charge is 2.37. The SMILES string of the molecule is CCCC1(NCCCCCO)CCN(c2nc(-c3ccc4c(c3)C(C)(C)CCC4(C)C)cs2)CC1. The highest BCUT2D eigenvalue weighted by molar-refractivity contribution is 7.14. The van der Waals surface area contributed by atoms with E-state index in [1.165, 1.54) is 60.3 Å². The Kier molecular flexibility index (Phi) is 8.29. The molecule has 2 aliphatic rings. The molecule has 35 heavy (non-hydrogen) atoms. The first kappa shape index (κ1) is 26.6. The number of thiazole rings is 1. The van der Waals surface area contributed by atoms with Gasteiger partial charge < -0.3 is 15.3 Å². The Morgan fingerprint density at radius 1 is 0.971 bits per heavy atom. The smallest absolute Gasteiger partial charge is 0.185 e. The molecule has 1 aliphatic carbocycles. The molecule has 1 fully saturated rings. The van der Waals surface area contributed by atoms with E-state index in [0.717, 1.165) is 44.6 Å². The predicted molar refractivity (Wildman–Crippen MR) is 151 cm³/mol. The first-order valence-corrected chi connectivity index (χ1v) is 14.8. The number of fused-ring (bicyclic) bond motifs is 1. The van der Waals surface area contributed by atoms with Gasteiger partial charge in [-0.1, -0.05) is 53.2 Å². The number of aliphatic hydroxyl groups is 1. The van der Waals surface area contributed by atoms with Crippen molar-refractivity contribution < 1.29 is 5.11 Å². The minimum atomic E-state index is 0.223. The fourth-order valence-corrected chi connectivity index (χ4v) is 7.07. The van der Waals surface area contributed by atoms with Gasteiger partial charge in [0.15, 0.2) is 5.13 Å². The Morgan fingerprint density at radius 3 is 2.37 bits per heavy atom. The molecule has 0 unspecified atom stereocenters. The summed E-state index contributed by atoms with van der Waals surface area (Å²) in [5, 5.41) is 16.4. The molecule has 2 heterocycles. The van der Waals surface area contributed by atoms with Crippen LogP contribution in [0.3, 0.4) is 0 Å². The molecule has 4 nitrogen and oxygen atoms in total. The summed E-state index contributed by atoms with van der Waals surface area (Å²) in [6.45, 7) is 15.4. The molecule has 2 N–H and O–H groups in total. The van der Waals surface area contributed by atoms with Crippen molar-refractivity contribution in [1.82, 2.24) is 10.3 Å². The van der Waals surface area contributed by atoms with E-state index in [9.17, 15) is 0 Å². The molecule has 0 amide bonds. The molecule has 1 aromatic heterocycles. The molecule has 0 radical (unpaired) electrons. The van der Waals surface area contributed by atoms with Crippen LogP contribution in [0.2, 0.25) is 0 Å². The third kappa shape index (κ3) is 5.94. The lowest BCUT2D eigenvalue weighted by Gasteiger charge is -2.43. The third-order valence-electron chi connectivity index (χ3n) is 8.70. The standard InChI is InChI=1S/C30H47N3OS/c1-6-12-30(31-17-8-7-9-20-34)15-18-33(19-16-30)27-32-26(22-35-27)23-10-11-24-25(21-23)29(4,5)14-13-28(24,2)3/h10-11,21-22,31,34H,6-9,12-20H2,1-5H3. The molecule has 1 aliphatic heterocycles. The maximum absolute atomic E-state index is 9.03. The second kappa shape index (κ2) is 10.9. The lowest BCUT2D eigenvalue weighted by molar-refractivity contribution is 0.235. The second-order valence-electron chi connectivity index (χ2n) is 12.3. The summed E-state index contributed by atoms with van der Waals surface area (Å²) < 4.78 is 0. The van der Waals surface area contributed by atoms with Gasteiger partial charge in [0.05, 0.1) is 5.69 Å². The van der Waals surface area contributed by atoms with E-state index >= 15 is 0 Å². The van der Waals surface area contributed by atoms with E-state index in [4.69, 9.17) is 10.1 Å². The van der Waals surface area contributed by atoms with Crippen molar-refractivity contribution in [3.05, 3.63) is 34.7 Å². The van der Waals surface area contributed by atoms with Crippen LogP contribution in [-0.2, 0) is 10.8 Å². The number of aromatic nitrogens is 1. The molecular weight excluding hydrogens is 450 g/mol. The Balaban J connectivity index is 1.43. The highest BCUT2D eigenvalue weighted by atomic mass is 32.1. The topological polar surface area (TPSA) is 48.4 Å². The van der Waals surface area contributed by atoms with Crippen LogP contribution in [-0.4, -0.2) is 41.9 Å². The summed E-state index contributed by atoms with van der Waals surface area (Å²) in [5.41, 5.74) is 6.15. The van der Waals surface area contributed by atoms with E-state index in [1.807, 2.05) is 0 Å². The zero-order valence-electron chi connectivity index (χ0n) is 22.8. The summed E-state index contributed by atoms with van der Waals surface area (Å²) in [7, 11) is 0. The molecule has 0 spiro atoms. The summed E-state index contributed by atoms with van der Waals surface area (Å²) in [6, 6.07) is 7.10. The van der Waals surface area contributed by atoms with Crippen LogP contribution in [0.15, 0.2) is 23.6 Å². The molecule has 0 saturated carbocycles. The van der Waals surface area contributed by atoms with E-state index in [1.54, 1.807) is 11.3 Å². The van der Waals surface area contributed by atoms with Crippen LogP contribution in [0.25, 0.3) is 11.3 Å². The number of nitrogens with one attached hydrogen (secondary N) is 1. The summed E-state index contributed by atoms with van der Waals surface area (Å²) >= 11 is 1.80. The van der Waals surface area contributed by atoms with Crippen LogP contribution < -0.4 is 10.2 Å². The molecule has 1 aromatic carbocycles. The van der Waals surface area contributed by atoms with Gasteiger partial charge >= 0.3 is 0 Å². The normalized spacial score (nSPS) is 20.6. The Morgan fingerprint density at radius 2 is 1.69 bits per heavy atom. The molecular formula is C30H47N3OS. The first-order valence-electron chi connectivity index (χ1n) is 13.9. The Bertz CT molecular complexity index is 972. The minimum absolute atomic E-state index is 0.223. The van der Waals surface area contributed by atoms with Crippen molar-refractivity contribution >= 4 is 16.5 Å². The Hall–Kier alpha value is -1.43. The number of aliphatic hydroxyl groups excluding tert-OH is 1. The molecule has 2 aromatic rings. The molecule has 1 saturated heterocycles. The fraction of sp³-hybridized carbons (Fsp3) is 0.700. The monoisotopic (exact) mass is 497 g/mol. The number of anilines is 1.